The molecule has 0 radical (unpaired) electrons. The van der Waals surface area contributed by atoms with Crippen molar-refractivity contribution in [1.29, 1.82) is 0 Å². The Morgan fingerprint density at radius 2 is 1.63 bits per heavy atom. The normalized spacial score (nSPS) is 21.5. The minimum Gasteiger partial charge on any atom is -0.497 e. The highest BCUT2D eigenvalue weighted by Gasteiger charge is 2.66. The maximum absolute atomic E-state index is 15.4. The van der Waals surface area contributed by atoms with E-state index in [9.17, 15) is 9.90 Å². The number of aliphatic hydroxyl groups is 1. The maximum atomic E-state index is 15.4. The summed E-state index contributed by atoms with van der Waals surface area (Å²) in [5, 5.41) is 20.6. The molecular formula is C48H49N5O6Si. The molecule has 0 bridgehead atoms. The summed E-state index contributed by atoms with van der Waals surface area (Å²) in [5.41, 5.74) is 4.48. The van der Waals surface area contributed by atoms with Crippen molar-refractivity contribution in [1.82, 2.24) is 15.0 Å². The first-order chi connectivity index (χ1) is 29.1. The molecule has 5 atom stereocenters. The van der Waals surface area contributed by atoms with Gasteiger partial charge in [-0.15, -0.1) is 5.10 Å². The van der Waals surface area contributed by atoms with Gasteiger partial charge in [-0.1, -0.05) is 115 Å². The number of aryl methyl sites for hydroxylation is 1. The van der Waals surface area contributed by atoms with Crippen LogP contribution in [0.2, 0.25) is 18.6 Å². The lowest BCUT2D eigenvalue weighted by molar-refractivity contribution is -0.146. The highest BCUT2D eigenvalue weighted by atomic mass is 28.3. The molecule has 1 unspecified atom stereocenters. The molecule has 2 amide bonds. The number of rotatable bonds is 12. The number of hydrogen-bond acceptors (Lipinski definition) is 8. The molecule has 3 aliphatic heterocycles. The second-order valence-electron chi connectivity index (χ2n) is 16.6. The van der Waals surface area contributed by atoms with Gasteiger partial charge in [0.05, 0.1) is 57.4 Å². The minimum atomic E-state index is -2.39. The van der Waals surface area contributed by atoms with E-state index in [1.54, 1.807) is 12.0 Å². The smallest absolute Gasteiger partial charge is 0.269 e. The van der Waals surface area contributed by atoms with Crippen LogP contribution in [0.3, 0.4) is 0 Å². The summed E-state index contributed by atoms with van der Waals surface area (Å²) in [5.74, 6) is 0.738. The molecule has 1 saturated heterocycles. The zero-order chi connectivity index (χ0) is 41.6. The number of fused-ring (bicyclic) bond motifs is 3. The van der Waals surface area contributed by atoms with Gasteiger partial charge in [0, 0.05) is 29.9 Å². The number of anilines is 3. The van der Waals surface area contributed by atoms with Crippen molar-refractivity contribution in [3.05, 3.63) is 156 Å². The zero-order valence-corrected chi connectivity index (χ0v) is 35.3. The average molecular weight is 820 g/mol. The molecule has 6 aromatic rings. The van der Waals surface area contributed by atoms with Gasteiger partial charge in [-0.2, -0.15) is 0 Å². The molecule has 12 heteroatoms. The van der Waals surface area contributed by atoms with Crippen LogP contribution in [0.25, 0.3) is 0 Å². The van der Waals surface area contributed by atoms with Crippen LogP contribution in [-0.4, -0.2) is 66.4 Å². The molecule has 3 aliphatic rings. The molecule has 11 nitrogen and oxygen atoms in total. The van der Waals surface area contributed by atoms with Crippen LogP contribution in [0.4, 0.5) is 17.1 Å². The molecule has 1 fully saturated rings. The molecule has 4 heterocycles. The van der Waals surface area contributed by atoms with Crippen molar-refractivity contribution in [3.63, 3.8) is 0 Å². The molecular weight excluding hydrogens is 771 g/mol. The van der Waals surface area contributed by atoms with Gasteiger partial charge in [-0.25, -0.2) is 0 Å². The Hall–Kier alpha value is -6.08. The first-order valence-electron chi connectivity index (χ1n) is 20.6. The van der Waals surface area contributed by atoms with Crippen molar-refractivity contribution >= 4 is 42.1 Å². The maximum Gasteiger partial charge on any atom is 0.269 e. The number of hydrogen-bond donors (Lipinski definition) is 1. The highest BCUT2D eigenvalue weighted by molar-refractivity contribution is 6.91. The van der Waals surface area contributed by atoms with Gasteiger partial charge in [-0.3, -0.25) is 19.2 Å². The summed E-state index contributed by atoms with van der Waals surface area (Å²) < 4.78 is 20.5. The van der Waals surface area contributed by atoms with E-state index in [4.69, 9.17) is 14.2 Å². The van der Waals surface area contributed by atoms with Gasteiger partial charge in [0.1, 0.15) is 11.5 Å². The van der Waals surface area contributed by atoms with Crippen LogP contribution in [-0.2, 0) is 33.0 Å². The number of ether oxygens (including phenoxy) is 3. The number of benzene rings is 5. The predicted octanol–water partition coefficient (Wildman–Crippen LogP) is 7.32. The van der Waals surface area contributed by atoms with Crippen molar-refractivity contribution in [2.24, 2.45) is 5.92 Å². The van der Waals surface area contributed by atoms with Crippen molar-refractivity contribution in [2.45, 2.75) is 62.7 Å². The van der Waals surface area contributed by atoms with E-state index in [1.807, 2.05) is 131 Å². The van der Waals surface area contributed by atoms with Crippen LogP contribution in [0, 0.1) is 5.92 Å². The van der Waals surface area contributed by atoms with Crippen molar-refractivity contribution in [3.8, 4) is 11.5 Å². The molecule has 1 N–H and O–H groups in total. The average Bonchev–Trinajstić information content (AvgIpc) is 3.93. The standard InChI is InChI=1S/C48H49N5O6Si/c1-32-46(60(3,4)37-23-21-36(57-2)22-24-37)44(25-26-51-29-40(49-50-51)38(30-54)34-14-6-5-7-15-34)59-48(32)39-17-8-9-18-41(39)52(47(48)56)28-33-13-12-16-35(27-33)53-42-19-10-11-20-43(42)58-31-45(53)55/h5-24,27,29,32,38,44,46,54H,25-26,28,30-31H2,1-4H3/t32-,38?,44+,46-,48+/m1/s1. The van der Waals surface area contributed by atoms with E-state index >= 15 is 4.79 Å². The third kappa shape index (κ3) is 6.68. The number of amides is 2. The zero-order valence-electron chi connectivity index (χ0n) is 34.3. The van der Waals surface area contributed by atoms with Gasteiger partial charge in [-0.05, 0) is 65.6 Å². The summed E-state index contributed by atoms with van der Waals surface area (Å²) in [7, 11) is -0.714. The van der Waals surface area contributed by atoms with Gasteiger partial charge >= 0.3 is 0 Å². The van der Waals surface area contributed by atoms with Gasteiger partial charge in [0.2, 0.25) is 0 Å². The van der Waals surface area contributed by atoms with Gasteiger partial charge in [0.15, 0.2) is 12.2 Å². The van der Waals surface area contributed by atoms with E-state index in [-0.39, 0.29) is 48.5 Å². The number of carbonyl (C=O) groups is 2. The Labute approximate surface area is 351 Å². The molecule has 5 aromatic carbocycles. The van der Waals surface area contributed by atoms with Crippen LogP contribution in [0.1, 0.15) is 41.6 Å². The number of methoxy groups -OCH3 is 1. The van der Waals surface area contributed by atoms with E-state index in [0.717, 1.165) is 28.1 Å². The fourth-order valence-corrected chi connectivity index (χ4v) is 14.0. The Morgan fingerprint density at radius 1 is 0.900 bits per heavy atom. The fourth-order valence-electron chi connectivity index (χ4n) is 9.95. The lowest BCUT2D eigenvalue weighted by Gasteiger charge is -2.37. The predicted molar refractivity (Wildman–Crippen MR) is 233 cm³/mol. The fraction of sp³-hybridized carbons (Fsp3) is 0.292. The first-order valence-corrected chi connectivity index (χ1v) is 23.6. The Balaban J connectivity index is 1.05. The number of nitrogens with zero attached hydrogens (tertiary/aromatic N) is 5. The largest absolute Gasteiger partial charge is 0.497 e. The van der Waals surface area contributed by atoms with E-state index in [0.29, 0.717) is 42.3 Å². The Kier molecular flexibility index (Phi) is 10.4. The van der Waals surface area contributed by atoms with Crippen LogP contribution < -0.4 is 24.5 Å². The summed E-state index contributed by atoms with van der Waals surface area (Å²) in [6, 6.07) is 41.6. The number of para-hydroxylation sites is 3. The summed E-state index contributed by atoms with van der Waals surface area (Å²) >= 11 is 0. The monoisotopic (exact) mass is 819 g/mol. The van der Waals surface area contributed by atoms with Crippen molar-refractivity contribution in [2.75, 3.05) is 30.1 Å². The third-order valence-corrected chi connectivity index (χ3v) is 17.3. The molecule has 60 heavy (non-hydrogen) atoms. The second kappa shape index (κ2) is 15.8. The SMILES string of the molecule is COc1ccc([Si](C)(C)[C@H]2[C@H](CCn3cc(C(CO)c4ccccc4)nn3)O[C@@]3(C(=O)N(Cc4cccc(N5C(=O)COc6ccccc65)c4)c4ccccc43)[C@@H]2C)cc1. The minimum absolute atomic E-state index is 0.0380. The molecule has 9 rings (SSSR count). The molecule has 306 valence electrons. The number of aliphatic hydroxyl groups excluding tert-OH is 1. The van der Waals surface area contributed by atoms with Crippen LogP contribution in [0.15, 0.2) is 134 Å². The van der Waals surface area contributed by atoms with E-state index in [2.05, 4.69) is 42.5 Å². The number of carbonyl (C=O) groups excluding carboxylic acids is 2. The highest BCUT2D eigenvalue weighted by Crippen LogP contribution is 2.60. The van der Waals surface area contributed by atoms with E-state index in [1.165, 1.54) is 5.19 Å². The molecule has 0 aliphatic carbocycles. The topological polar surface area (TPSA) is 119 Å². The van der Waals surface area contributed by atoms with Crippen molar-refractivity contribution < 1.29 is 28.9 Å². The Bertz CT molecular complexity index is 2530. The number of aromatic nitrogens is 3. The third-order valence-electron chi connectivity index (χ3n) is 12.9. The molecule has 0 saturated carbocycles. The summed E-state index contributed by atoms with van der Waals surface area (Å²) in [4.78, 5) is 32.2. The lowest BCUT2D eigenvalue weighted by Crippen LogP contribution is -2.51. The Morgan fingerprint density at radius 3 is 2.40 bits per heavy atom. The van der Waals surface area contributed by atoms with E-state index < -0.39 is 13.7 Å². The lowest BCUT2D eigenvalue weighted by atomic mass is 9.82. The second-order valence-corrected chi connectivity index (χ2v) is 21.2. The molecule has 1 spiro atoms. The van der Waals surface area contributed by atoms with Gasteiger partial charge < -0.3 is 24.2 Å². The van der Waals surface area contributed by atoms with Crippen LogP contribution >= 0.6 is 0 Å². The molecule has 1 aromatic heterocycles. The first kappa shape index (κ1) is 39.4. The quantitative estimate of drug-likeness (QED) is 0.128. The summed E-state index contributed by atoms with van der Waals surface area (Å²) in [6.07, 6.45) is 2.23. The summed E-state index contributed by atoms with van der Waals surface area (Å²) in [6.45, 7) is 7.64. The van der Waals surface area contributed by atoms with Gasteiger partial charge in [0.25, 0.3) is 11.8 Å². The van der Waals surface area contributed by atoms with Crippen LogP contribution in [0.5, 0.6) is 11.5 Å².